The zero-order valence-electron chi connectivity index (χ0n) is 11.3. The number of ketones is 1. The molecule has 4 nitrogen and oxygen atoms in total. The number of hydrogen-bond acceptors (Lipinski definition) is 3. The Morgan fingerprint density at radius 1 is 1.14 bits per heavy atom. The Bertz CT molecular complexity index is 772. The summed E-state index contributed by atoms with van der Waals surface area (Å²) in [6.07, 6.45) is 0. The smallest absolute Gasteiger partial charge is 0.240 e. The lowest BCUT2D eigenvalue weighted by molar-refractivity contribution is 0.101. The topological polar surface area (TPSA) is 63.2 Å². The van der Waals surface area contributed by atoms with Crippen LogP contribution in [-0.4, -0.2) is 14.2 Å². The fraction of sp³-hybridized carbons (Fsp3) is 0.133. The van der Waals surface area contributed by atoms with Crippen LogP contribution in [0.2, 0.25) is 5.02 Å². The third-order valence-corrected chi connectivity index (χ3v) is 4.54. The number of carbonyl (C=O) groups excluding carboxylic acids is 1. The van der Waals surface area contributed by atoms with Crippen molar-refractivity contribution >= 4 is 27.4 Å². The number of rotatable bonds is 5. The minimum absolute atomic E-state index is 0.0669. The molecule has 1 N–H and O–H groups in total. The summed E-state index contributed by atoms with van der Waals surface area (Å²) in [5, 5.41) is 0.547. The van der Waals surface area contributed by atoms with Crippen molar-refractivity contribution in [2.45, 2.75) is 18.4 Å². The van der Waals surface area contributed by atoms with Gasteiger partial charge in [-0.2, -0.15) is 0 Å². The van der Waals surface area contributed by atoms with Crippen LogP contribution in [0.3, 0.4) is 0 Å². The molecule has 0 saturated carbocycles. The van der Waals surface area contributed by atoms with E-state index in [0.29, 0.717) is 10.6 Å². The summed E-state index contributed by atoms with van der Waals surface area (Å²) in [6.45, 7) is 1.53. The van der Waals surface area contributed by atoms with Crippen molar-refractivity contribution in [2.24, 2.45) is 0 Å². The molecule has 6 heteroatoms. The summed E-state index contributed by atoms with van der Waals surface area (Å²) < 4.78 is 26.9. The first kappa shape index (κ1) is 15.7. The molecule has 0 amide bonds. The zero-order chi connectivity index (χ0) is 15.5. The molecule has 0 atom stereocenters. The van der Waals surface area contributed by atoms with Crippen LogP contribution in [0, 0.1) is 0 Å². The van der Waals surface area contributed by atoms with Crippen LogP contribution in [0.5, 0.6) is 0 Å². The third-order valence-electron chi connectivity index (χ3n) is 2.91. The van der Waals surface area contributed by atoms with E-state index in [0.717, 1.165) is 5.56 Å². The lowest BCUT2D eigenvalue weighted by atomic mass is 10.2. The van der Waals surface area contributed by atoms with Crippen LogP contribution in [0.15, 0.2) is 53.4 Å². The van der Waals surface area contributed by atoms with Gasteiger partial charge in [0, 0.05) is 17.1 Å². The Hall–Kier alpha value is -1.69. The van der Waals surface area contributed by atoms with Crippen LogP contribution in [0.4, 0.5) is 0 Å². The van der Waals surface area contributed by atoms with Crippen molar-refractivity contribution in [1.29, 1.82) is 0 Å². The van der Waals surface area contributed by atoms with Gasteiger partial charge in [-0.15, -0.1) is 0 Å². The second-order valence-corrected chi connectivity index (χ2v) is 6.74. The van der Waals surface area contributed by atoms with Crippen LogP contribution >= 0.6 is 11.6 Å². The maximum absolute atomic E-state index is 12.2. The highest BCUT2D eigenvalue weighted by molar-refractivity contribution is 7.89. The number of Topliss-reactive ketones (excluding diaryl/α,β-unsaturated/α-hetero) is 1. The van der Waals surface area contributed by atoms with Crippen LogP contribution in [0.25, 0.3) is 0 Å². The highest BCUT2D eigenvalue weighted by Crippen LogP contribution is 2.14. The van der Waals surface area contributed by atoms with Gasteiger partial charge in [-0.25, -0.2) is 13.1 Å². The maximum Gasteiger partial charge on any atom is 0.240 e. The van der Waals surface area contributed by atoms with E-state index in [1.165, 1.54) is 19.1 Å². The quantitative estimate of drug-likeness (QED) is 0.860. The third kappa shape index (κ3) is 4.14. The molecule has 0 aliphatic rings. The van der Waals surface area contributed by atoms with Crippen molar-refractivity contribution in [1.82, 2.24) is 4.72 Å². The molecule has 2 aromatic rings. The van der Waals surface area contributed by atoms with E-state index in [1.807, 2.05) is 0 Å². The highest BCUT2D eigenvalue weighted by Gasteiger charge is 2.15. The summed E-state index contributed by atoms with van der Waals surface area (Å²) in [7, 11) is -3.67. The highest BCUT2D eigenvalue weighted by atomic mass is 35.5. The number of nitrogens with one attached hydrogen (secondary N) is 1. The number of hydrogen-bond donors (Lipinski definition) is 1. The Balaban J connectivity index is 2.19. The second kappa shape index (κ2) is 6.39. The number of sulfonamides is 1. The molecule has 0 unspecified atom stereocenters. The standard InChI is InChI=1S/C15H14ClNO3S/c1-11(18)13-5-3-7-15(9-13)21(19,20)17-10-12-4-2-6-14(16)8-12/h2-9,17H,10H2,1H3. The van der Waals surface area contributed by atoms with Crippen molar-refractivity contribution in [3.05, 3.63) is 64.7 Å². The summed E-state index contributed by atoms with van der Waals surface area (Å²) in [5.41, 5.74) is 1.12. The number of benzene rings is 2. The summed E-state index contributed by atoms with van der Waals surface area (Å²) in [5.74, 6) is -0.179. The first-order chi connectivity index (χ1) is 9.88. The van der Waals surface area contributed by atoms with E-state index < -0.39 is 10.0 Å². The molecule has 0 radical (unpaired) electrons. The predicted octanol–water partition coefficient (Wildman–Crippen LogP) is 3.02. The Labute approximate surface area is 128 Å². The predicted molar refractivity (Wildman–Crippen MR) is 81.9 cm³/mol. The normalized spacial score (nSPS) is 11.3. The van der Waals surface area contributed by atoms with Gasteiger partial charge >= 0.3 is 0 Å². The van der Waals surface area contributed by atoms with E-state index in [4.69, 9.17) is 11.6 Å². The molecule has 0 fully saturated rings. The van der Waals surface area contributed by atoms with E-state index in [9.17, 15) is 13.2 Å². The molecule has 0 bridgehead atoms. The molecule has 0 aliphatic carbocycles. The van der Waals surface area contributed by atoms with Gasteiger partial charge in [-0.05, 0) is 36.8 Å². The van der Waals surface area contributed by atoms with Crippen molar-refractivity contribution < 1.29 is 13.2 Å². The molecular formula is C15H14ClNO3S. The van der Waals surface area contributed by atoms with Gasteiger partial charge in [0.1, 0.15) is 0 Å². The summed E-state index contributed by atoms with van der Waals surface area (Å²) in [6, 6.07) is 12.9. The van der Waals surface area contributed by atoms with Gasteiger partial charge in [-0.1, -0.05) is 35.9 Å². The van der Waals surface area contributed by atoms with E-state index in [1.54, 1.807) is 36.4 Å². The lowest BCUT2D eigenvalue weighted by Gasteiger charge is -2.08. The van der Waals surface area contributed by atoms with E-state index >= 15 is 0 Å². The Morgan fingerprint density at radius 2 is 1.86 bits per heavy atom. The van der Waals surface area contributed by atoms with Crippen LogP contribution in [0.1, 0.15) is 22.8 Å². The largest absolute Gasteiger partial charge is 0.295 e. The first-order valence-corrected chi connectivity index (χ1v) is 8.10. The average Bonchev–Trinajstić information content (AvgIpc) is 2.45. The molecular weight excluding hydrogens is 310 g/mol. The molecule has 0 aromatic heterocycles. The monoisotopic (exact) mass is 323 g/mol. The molecule has 0 spiro atoms. The van der Waals surface area contributed by atoms with Gasteiger partial charge in [0.2, 0.25) is 10.0 Å². The molecule has 0 heterocycles. The van der Waals surface area contributed by atoms with E-state index in [-0.39, 0.29) is 17.2 Å². The Morgan fingerprint density at radius 3 is 2.52 bits per heavy atom. The van der Waals surface area contributed by atoms with Gasteiger partial charge in [0.05, 0.1) is 4.90 Å². The molecule has 110 valence electrons. The SMILES string of the molecule is CC(=O)c1cccc(S(=O)(=O)NCc2cccc(Cl)c2)c1. The Kier molecular flexibility index (Phi) is 4.77. The minimum Gasteiger partial charge on any atom is -0.295 e. The molecule has 21 heavy (non-hydrogen) atoms. The molecule has 2 aromatic carbocycles. The molecule has 0 aliphatic heterocycles. The minimum atomic E-state index is -3.67. The van der Waals surface area contributed by atoms with Crippen LogP contribution in [-0.2, 0) is 16.6 Å². The first-order valence-electron chi connectivity index (χ1n) is 6.23. The van der Waals surface area contributed by atoms with Gasteiger partial charge in [0.15, 0.2) is 5.78 Å². The van der Waals surface area contributed by atoms with Gasteiger partial charge in [-0.3, -0.25) is 4.79 Å². The van der Waals surface area contributed by atoms with Crippen LogP contribution < -0.4 is 4.72 Å². The van der Waals surface area contributed by atoms with Crippen molar-refractivity contribution in [3.8, 4) is 0 Å². The van der Waals surface area contributed by atoms with Crippen molar-refractivity contribution in [2.75, 3.05) is 0 Å². The number of halogens is 1. The average molecular weight is 324 g/mol. The van der Waals surface area contributed by atoms with Crippen molar-refractivity contribution in [3.63, 3.8) is 0 Å². The molecule has 0 saturated heterocycles. The lowest BCUT2D eigenvalue weighted by Crippen LogP contribution is -2.23. The van der Waals surface area contributed by atoms with Gasteiger partial charge < -0.3 is 0 Å². The fourth-order valence-corrected chi connectivity index (χ4v) is 3.07. The molecule has 2 rings (SSSR count). The second-order valence-electron chi connectivity index (χ2n) is 4.54. The van der Waals surface area contributed by atoms with E-state index in [2.05, 4.69) is 4.72 Å². The summed E-state index contributed by atoms with van der Waals surface area (Å²) in [4.78, 5) is 11.4. The maximum atomic E-state index is 12.2. The zero-order valence-corrected chi connectivity index (χ0v) is 12.9. The van der Waals surface area contributed by atoms with Gasteiger partial charge in [0.25, 0.3) is 0 Å². The fourth-order valence-electron chi connectivity index (χ4n) is 1.79. The number of carbonyl (C=O) groups is 1. The summed E-state index contributed by atoms with van der Waals surface area (Å²) >= 11 is 5.85.